The van der Waals surface area contributed by atoms with Crippen molar-refractivity contribution in [1.82, 2.24) is 19.6 Å². The van der Waals surface area contributed by atoms with Crippen LogP contribution < -0.4 is 5.32 Å². The molecule has 6 nitrogen and oxygen atoms in total. The monoisotopic (exact) mass is 380 g/mol. The van der Waals surface area contributed by atoms with E-state index in [9.17, 15) is 14.0 Å². The normalized spacial score (nSPS) is 13.8. The van der Waals surface area contributed by atoms with Crippen molar-refractivity contribution in [2.24, 2.45) is 0 Å². The minimum absolute atomic E-state index is 0.163. The Morgan fingerprint density at radius 3 is 2.61 bits per heavy atom. The van der Waals surface area contributed by atoms with Gasteiger partial charge in [0.2, 0.25) is 5.82 Å². The Labute approximate surface area is 162 Å². The van der Waals surface area contributed by atoms with Gasteiger partial charge in [-0.05, 0) is 43.0 Å². The first-order chi connectivity index (χ1) is 13.6. The predicted octanol–water partition coefficient (Wildman–Crippen LogP) is 2.68. The summed E-state index contributed by atoms with van der Waals surface area (Å²) >= 11 is 0. The number of hydrogen-bond acceptors (Lipinski definition) is 3. The lowest BCUT2D eigenvalue weighted by Crippen LogP contribution is -2.29. The summed E-state index contributed by atoms with van der Waals surface area (Å²) in [6.07, 6.45) is 4.09. The van der Waals surface area contributed by atoms with Gasteiger partial charge in [0.15, 0.2) is 5.69 Å². The molecule has 144 valence electrons. The van der Waals surface area contributed by atoms with Crippen LogP contribution in [0.15, 0.2) is 48.7 Å². The molecule has 7 heteroatoms. The zero-order chi connectivity index (χ0) is 19.5. The molecule has 0 aliphatic carbocycles. The van der Waals surface area contributed by atoms with E-state index in [1.165, 1.54) is 6.07 Å². The third-order valence-corrected chi connectivity index (χ3v) is 4.99. The van der Waals surface area contributed by atoms with Crippen LogP contribution in [0, 0.1) is 5.82 Å². The van der Waals surface area contributed by atoms with Crippen LogP contribution in [0.2, 0.25) is 0 Å². The molecule has 1 fully saturated rings. The number of benzene rings is 1. The van der Waals surface area contributed by atoms with Gasteiger partial charge in [0, 0.05) is 25.8 Å². The number of likely N-dealkylation sites (tertiary alicyclic amines) is 1. The number of carbonyl (C=O) groups is 2. The summed E-state index contributed by atoms with van der Waals surface area (Å²) in [5.74, 6) is -0.580. The third-order valence-electron chi connectivity index (χ3n) is 4.99. The van der Waals surface area contributed by atoms with Gasteiger partial charge in [-0.15, -0.1) is 0 Å². The molecular formula is C21H21FN4O2. The first-order valence-corrected chi connectivity index (χ1v) is 9.43. The minimum atomic E-state index is -0.375. The fourth-order valence-corrected chi connectivity index (χ4v) is 3.51. The Bertz CT molecular complexity index is 1020. The first-order valence-electron chi connectivity index (χ1n) is 9.43. The number of nitrogens with zero attached hydrogens (tertiary/aromatic N) is 3. The zero-order valence-electron chi connectivity index (χ0n) is 15.4. The summed E-state index contributed by atoms with van der Waals surface area (Å²) < 4.78 is 15.4. The van der Waals surface area contributed by atoms with Crippen LogP contribution in [0.25, 0.3) is 5.52 Å². The Kier molecular flexibility index (Phi) is 5.06. The number of aromatic nitrogens is 2. The number of amides is 2. The molecule has 0 atom stereocenters. The highest BCUT2D eigenvalue weighted by atomic mass is 19.1. The van der Waals surface area contributed by atoms with Gasteiger partial charge in [-0.25, -0.2) is 9.37 Å². The van der Waals surface area contributed by atoms with E-state index in [4.69, 9.17) is 0 Å². The Morgan fingerprint density at radius 1 is 1.07 bits per heavy atom. The standard InChI is InChI=1S/C21H21FN4O2/c22-16-8-2-1-7-15(16)10-11-23-20(27)18-17-9-3-4-14-26(17)19(24-18)21(28)25-12-5-6-13-25/h1-4,7-9,14H,5-6,10-13H2,(H,23,27). The van der Waals surface area contributed by atoms with Crippen LogP contribution >= 0.6 is 0 Å². The van der Waals surface area contributed by atoms with E-state index in [1.54, 1.807) is 51.9 Å². The van der Waals surface area contributed by atoms with E-state index >= 15 is 0 Å². The maximum atomic E-state index is 13.7. The van der Waals surface area contributed by atoms with E-state index in [2.05, 4.69) is 10.3 Å². The zero-order valence-corrected chi connectivity index (χ0v) is 15.4. The lowest BCUT2D eigenvalue weighted by atomic mass is 10.1. The average Bonchev–Trinajstić information content (AvgIpc) is 3.37. The Morgan fingerprint density at radius 2 is 1.82 bits per heavy atom. The summed E-state index contributed by atoms with van der Waals surface area (Å²) in [6, 6.07) is 11.9. The van der Waals surface area contributed by atoms with E-state index in [0.29, 0.717) is 30.6 Å². The largest absolute Gasteiger partial charge is 0.350 e. The Balaban J connectivity index is 1.53. The molecule has 2 aromatic heterocycles. The molecule has 3 aromatic rings. The molecule has 4 rings (SSSR count). The van der Waals surface area contributed by atoms with Crippen LogP contribution in [-0.2, 0) is 6.42 Å². The van der Waals surface area contributed by atoms with Crippen molar-refractivity contribution in [3.05, 3.63) is 71.6 Å². The second kappa shape index (κ2) is 7.80. The summed E-state index contributed by atoms with van der Waals surface area (Å²) in [7, 11) is 0. The van der Waals surface area contributed by atoms with Gasteiger partial charge in [0.1, 0.15) is 5.82 Å². The van der Waals surface area contributed by atoms with Gasteiger partial charge >= 0.3 is 0 Å². The quantitative estimate of drug-likeness (QED) is 0.740. The molecule has 1 N–H and O–H groups in total. The summed E-state index contributed by atoms with van der Waals surface area (Å²) in [6.45, 7) is 1.70. The number of hydrogen-bond donors (Lipinski definition) is 1. The fraction of sp³-hybridized carbons (Fsp3) is 0.286. The van der Waals surface area contributed by atoms with Gasteiger partial charge in [-0.1, -0.05) is 24.3 Å². The number of imidazole rings is 1. The average molecular weight is 380 g/mol. The number of carbonyl (C=O) groups excluding carboxylic acids is 2. The number of pyridine rings is 1. The van der Waals surface area contributed by atoms with Crippen LogP contribution in [0.4, 0.5) is 4.39 Å². The lowest BCUT2D eigenvalue weighted by molar-refractivity contribution is 0.0780. The number of rotatable bonds is 5. The van der Waals surface area contributed by atoms with E-state index in [1.807, 2.05) is 0 Å². The molecule has 0 radical (unpaired) electrons. The van der Waals surface area contributed by atoms with E-state index in [-0.39, 0.29) is 35.7 Å². The molecular weight excluding hydrogens is 359 g/mol. The number of nitrogens with one attached hydrogen (secondary N) is 1. The van der Waals surface area contributed by atoms with Crippen LogP contribution in [0.3, 0.4) is 0 Å². The summed E-state index contributed by atoms with van der Waals surface area (Å²) in [4.78, 5) is 31.6. The maximum absolute atomic E-state index is 13.7. The highest BCUT2D eigenvalue weighted by Crippen LogP contribution is 2.17. The topological polar surface area (TPSA) is 66.7 Å². The molecule has 1 aliphatic rings. The molecule has 28 heavy (non-hydrogen) atoms. The van der Waals surface area contributed by atoms with Crippen molar-refractivity contribution in [1.29, 1.82) is 0 Å². The van der Waals surface area contributed by atoms with Crippen molar-refractivity contribution in [3.8, 4) is 0 Å². The van der Waals surface area contributed by atoms with E-state index < -0.39 is 0 Å². The van der Waals surface area contributed by atoms with Crippen LogP contribution in [-0.4, -0.2) is 45.7 Å². The van der Waals surface area contributed by atoms with Crippen molar-refractivity contribution in [2.45, 2.75) is 19.3 Å². The van der Waals surface area contributed by atoms with Crippen LogP contribution in [0.5, 0.6) is 0 Å². The summed E-state index contributed by atoms with van der Waals surface area (Å²) in [5, 5.41) is 2.78. The van der Waals surface area contributed by atoms with Gasteiger partial charge in [0.25, 0.3) is 11.8 Å². The second-order valence-electron chi connectivity index (χ2n) is 6.84. The van der Waals surface area contributed by atoms with Crippen molar-refractivity contribution >= 4 is 17.3 Å². The molecule has 1 aliphatic heterocycles. The molecule has 0 bridgehead atoms. The highest BCUT2D eigenvalue weighted by molar-refractivity contribution is 6.02. The molecule has 0 saturated carbocycles. The molecule has 2 amide bonds. The van der Waals surface area contributed by atoms with Crippen LogP contribution in [0.1, 0.15) is 39.5 Å². The molecule has 0 unspecified atom stereocenters. The predicted molar refractivity (Wildman–Crippen MR) is 103 cm³/mol. The Hall–Kier alpha value is -3.22. The summed E-state index contributed by atoms with van der Waals surface area (Å²) in [5.41, 5.74) is 1.33. The molecule has 1 aromatic carbocycles. The number of halogens is 1. The van der Waals surface area contributed by atoms with E-state index in [0.717, 1.165) is 12.8 Å². The van der Waals surface area contributed by atoms with Crippen molar-refractivity contribution < 1.29 is 14.0 Å². The smallest absolute Gasteiger partial charge is 0.290 e. The van der Waals surface area contributed by atoms with Gasteiger partial charge in [-0.2, -0.15) is 0 Å². The molecule has 0 spiro atoms. The first kappa shape index (κ1) is 18.2. The molecule has 1 saturated heterocycles. The SMILES string of the molecule is O=C(NCCc1ccccc1F)c1nc(C(=O)N2CCCC2)n2ccccc12. The van der Waals surface area contributed by atoms with Gasteiger partial charge in [0.05, 0.1) is 5.52 Å². The highest BCUT2D eigenvalue weighted by Gasteiger charge is 2.26. The fourth-order valence-electron chi connectivity index (χ4n) is 3.51. The number of fused-ring (bicyclic) bond motifs is 1. The third kappa shape index (κ3) is 3.47. The molecule has 3 heterocycles. The van der Waals surface area contributed by atoms with Crippen molar-refractivity contribution in [2.75, 3.05) is 19.6 Å². The second-order valence-corrected chi connectivity index (χ2v) is 6.84. The van der Waals surface area contributed by atoms with Gasteiger partial charge < -0.3 is 10.2 Å². The minimum Gasteiger partial charge on any atom is -0.350 e. The van der Waals surface area contributed by atoms with Gasteiger partial charge in [-0.3, -0.25) is 14.0 Å². The lowest BCUT2D eigenvalue weighted by Gasteiger charge is -2.13. The maximum Gasteiger partial charge on any atom is 0.290 e. The van der Waals surface area contributed by atoms with Crippen molar-refractivity contribution in [3.63, 3.8) is 0 Å².